The van der Waals surface area contributed by atoms with E-state index in [1.165, 1.54) is 0 Å². The van der Waals surface area contributed by atoms with Crippen LogP contribution in [0, 0.1) is 0 Å². The molecule has 21 heavy (non-hydrogen) atoms. The summed E-state index contributed by atoms with van der Waals surface area (Å²) in [6.45, 7) is 5.80. The minimum absolute atomic E-state index is 0.0817. The van der Waals surface area contributed by atoms with E-state index in [1.54, 1.807) is 7.05 Å². The van der Waals surface area contributed by atoms with Crippen LogP contribution in [0.5, 0.6) is 0 Å². The van der Waals surface area contributed by atoms with Crippen LogP contribution in [0.1, 0.15) is 31.9 Å². The number of rotatable bonds is 7. The Morgan fingerprint density at radius 3 is 2.33 bits per heavy atom. The maximum atomic E-state index is 10.8. The molecular weight excluding hydrogens is 268 g/mol. The summed E-state index contributed by atoms with van der Waals surface area (Å²) in [4.78, 5) is 16.0. The molecule has 0 aliphatic rings. The van der Waals surface area contributed by atoms with Gasteiger partial charge in [0, 0.05) is 7.11 Å². The van der Waals surface area contributed by atoms with Gasteiger partial charge in [-0.2, -0.15) is 0 Å². The van der Waals surface area contributed by atoms with Crippen LogP contribution in [0.4, 0.5) is 0 Å². The summed E-state index contributed by atoms with van der Waals surface area (Å²) in [5.74, 6) is 0. The quantitative estimate of drug-likeness (QED) is 0.457. The van der Waals surface area contributed by atoms with Crippen LogP contribution >= 0.6 is 0 Å². The monoisotopic (exact) mass is 294 g/mol. The van der Waals surface area contributed by atoms with E-state index in [9.17, 15) is 4.79 Å². The molecule has 1 unspecified atom stereocenters. The summed E-state index contributed by atoms with van der Waals surface area (Å²) in [6.07, 6.45) is 1.70. The molecule has 0 aliphatic heterocycles. The van der Waals surface area contributed by atoms with Crippen LogP contribution in [0.25, 0.3) is 0 Å². The molecule has 1 aromatic rings. The van der Waals surface area contributed by atoms with E-state index in [0.717, 1.165) is 30.2 Å². The van der Waals surface area contributed by atoms with Gasteiger partial charge in [-0.15, -0.1) is 0 Å². The fourth-order valence-electron chi connectivity index (χ4n) is 1.59. The molecule has 2 N–H and O–H groups in total. The summed E-state index contributed by atoms with van der Waals surface area (Å²) in [7, 11) is 2.79. The number of hydrogen-bond donors (Lipinski definition) is 2. The second-order valence-electron chi connectivity index (χ2n) is 4.76. The number of aldehydes is 1. The SMILES string of the molecule is CNC(C=O)Cc1ccc(/C(C)=N\OC(C)C)cc1.CO. The van der Waals surface area contributed by atoms with Crippen molar-refractivity contribution in [2.24, 2.45) is 5.16 Å². The zero-order chi connectivity index (χ0) is 16.3. The Balaban J connectivity index is 0.00000191. The van der Waals surface area contributed by atoms with Gasteiger partial charge in [-0.3, -0.25) is 0 Å². The third kappa shape index (κ3) is 7.58. The van der Waals surface area contributed by atoms with Gasteiger partial charge in [-0.1, -0.05) is 29.4 Å². The molecule has 0 spiro atoms. The fraction of sp³-hybridized carbons (Fsp3) is 0.500. The summed E-state index contributed by atoms with van der Waals surface area (Å²) >= 11 is 0. The van der Waals surface area contributed by atoms with Gasteiger partial charge in [0.2, 0.25) is 0 Å². The second kappa shape index (κ2) is 11.0. The zero-order valence-electron chi connectivity index (χ0n) is 13.5. The molecular formula is C16H26N2O3. The normalized spacial score (nSPS) is 12.4. The third-order valence-corrected chi connectivity index (χ3v) is 2.76. The van der Waals surface area contributed by atoms with E-state index < -0.39 is 0 Å². The Bertz CT molecular complexity index is 428. The molecule has 0 radical (unpaired) electrons. The van der Waals surface area contributed by atoms with Gasteiger partial charge in [0.15, 0.2) is 0 Å². The number of benzene rings is 1. The highest BCUT2D eigenvalue weighted by atomic mass is 16.6. The number of oxime groups is 1. The molecule has 0 aromatic heterocycles. The van der Waals surface area contributed by atoms with Crippen LogP contribution in [0.2, 0.25) is 0 Å². The van der Waals surface area contributed by atoms with Crippen molar-refractivity contribution in [2.45, 2.75) is 39.3 Å². The first-order valence-electron chi connectivity index (χ1n) is 6.93. The van der Waals surface area contributed by atoms with Gasteiger partial charge in [-0.05, 0) is 45.4 Å². The van der Waals surface area contributed by atoms with Gasteiger partial charge >= 0.3 is 0 Å². The molecule has 0 aliphatic carbocycles. The molecule has 0 bridgehead atoms. The van der Waals surface area contributed by atoms with Crippen molar-refractivity contribution in [3.63, 3.8) is 0 Å². The molecule has 0 saturated heterocycles. The maximum Gasteiger partial charge on any atom is 0.137 e. The minimum atomic E-state index is -0.134. The number of nitrogens with zero attached hydrogens (tertiary/aromatic N) is 1. The van der Waals surface area contributed by atoms with Crippen LogP contribution in [-0.2, 0) is 16.1 Å². The number of carbonyl (C=O) groups excluding carboxylic acids is 1. The van der Waals surface area contributed by atoms with Crippen LogP contribution in [-0.4, -0.2) is 43.4 Å². The third-order valence-electron chi connectivity index (χ3n) is 2.76. The molecule has 0 heterocycles. The zero-order valence-corrected chi connectivity index (χ0v) is 13.5. The Labute approximate surface area is 127 Å². The lowest BCUT2D eigenvalue weighted by atomic mass is 10.0. The van der Waals surface area contributed by atoms with Crippen LogP contribution < -0.4 is 5.32 Å². The Morgan fingerprint density at radius 1 is 1.33 bits per heavy atom. The second-order valence-corrected chi connectivity index (χ2v) is 4.76. The van der Waals surface area contributed by atoms with E-state index >= 15 is 0 Å². The van der Waals surface area contributed by atoms with Crippen LogP contribution in [0.15, 0.2) is 29.4 Å². The predicted octanol–water partition coefficient (Wildman–Crippen LogP) is 1.77. The number of aliphatic hydroxyl groups excluding tert-OH is 1. The first-order chi connectivity index (χ1) is 10.1. The molecule has 1 aromatic carbocycles. The first-order valence-corrected chi connectivity index (χ1v) is 6.93. The summed E-state index contributed by atoms with van der Waals surface area (Å²) < 4.78 is 0. The lowest BCUT2D eigenvalue weighted by molar-refractivity contribution is -0.109. The highest BCUT2D eigenvalue weighted by Crippen LogP contribution is 2.08. The molecule has 0 saturated carbocycles. The van der Waals surface area contributed by atoms with E-state index in [-0.39, 0.29) is 12.1 Å². The Kier molecular flexibility index (Phi) is 10.1. The number of carbonyl (C=O) groups is 1. The van der Waals surface area contributed by atoms with Crippen molar-refractivity contribution in [1.82, 2.24) is 5.32 Å². The number of likely N-dealkylation sites (N-methyl/N-ethyl adjacent to an activating group) is 1. The molecule has 118 valence electrons. The van der Waals surface area contributed by atoms with Gasteiger partial charge in [0.25, 0.3) is 0 Å². The fourth-order valence-corrected chi connectivity index (χ4v) is 1.59. The van der Waals surface area contributed by atoms with Crippen molar-refractivity contribution < 1.29 is 14.7 Å². The minimum Gasteiger partial charge on any atom is -0.400 e. The number of hydrogen-bond acceptors (Lipinski definition) is 5. The number of nitrogens with one attached hydrogen (secondary N) is 1. The Hall–Kier alpha value is -1.72. The smallest absolute Gasteiger partial charge is 0.137 e. The molecule has 0 amide bonds. The molecule has 1 atom stereocenters. The molecule has 5 nitrogen and oxygen atoms in total. The molecule has 5 heteroatoms. The summed E-state index contributed by atoms with van der Waals surface area (Å²) in [5.41, 5.74) is 2.99. The summed E-state index contributed by atoms with van der Waals surface area (Å²) in [6, 6.07) is 7.88. The maximum absolute atomic E-state index is 10.8. The van der Waals surface area contributed by atoms with Gasteiger partial charge in [0.1, 0.15) is 12.4 Å². The van der Waals surface area contributed by atoms with Gasteiger partial charge in [-0.25, -0.2) is 0 Å². The predicted molar refractivity (Wildman–Crippen MR) is 85.6 cm³/mol. The van der Waals surface area contributed by atoms with E-state index in [2.05, 4.69) is 10.5 Å². The van der Waals surface area contributed by atoms with E-state index in [1.807, 2.05) is 45.0 Å². The summed E-state index contributed by atoms with van der Waals surface area (Å²) in [5, 5.41) is 14.0. The molecule has 1 rings (SSSR count). The average Bonchev–Trinajstić information content (AvgIpc) is 2.52. The highest BCUT2D eigenvalue weighted by Gasteiger charge is 2.06. The molecule has 0 fully saturated rings. The van der Waals surface area contributed by atoms with E-state index in [0.29, 0.717) is 6.42 Å². The highest BCUT2D eigenvalue weighted by molar-refractivity contribution is 5.98. The van der Waals surface area contributed by atoms with Gasteiger partial charge in [0.05, 0.1) is 11.8 Å². The standard InChI is InChI=1S/C15H22N2O2.CH4O/c1-11(2)19-17-12(3)14-7-5-13(6-8-14)9-15(10-18)16-4;1-2/h5-8,10-11,15-16H,9H2,1-4H3;2H,1H3/b17-12-;. The largest absolute Gasteiger partial charge is 0.400 e. The van der Waals surface area contributed by atoms with Crippen molar-refractivity contribution >= 4 is 12.0 Å². The Morgan fingerprint density at radius 2 is 1.90 bits per heavy atom. The lowest BCUT2D eigenvalue weighted by Crippen LogP contribution is -2.28. The average molecular weight is 294 g/mol. The van der Waals surface area contributed by atoms with Crippen molar-refractivity contribution in [3.8, 4) is 0 Å². The van der Waals surface area contributed by atoms with Gasteiger partial charge < -0.3 is 20.1 Å². The van der Waals surface area contributed by atoms with Crippen molar-refractivity contribution in [2.75, 3.05) is 14.2 Å². The van der Waals surface area contributed by atoms with E-state index in [4.69, 9.17) is 9.94 Å². The lowest BCUT2D eigenvalue weighted by Gasteiger charge is -2.09. The van der Waals surface area contributed by atoms with Crippen molar-refractivity contribution in [3.05, 3.63) is 35.4 Å². The first kappa shape index (κ1) is 19.3. The van der Waals surface area contributed by atoms with Crippen molar-refractivity contribution in [1.29, 1.82) is 0 Å². The number of aliphatic hydroxyl groups is 1. The van der Waals surface area contributed by atoms with Crippen LogP contribution in [0.3, 0.4) is 0 Å². The topological polar surface area (TPSA) is 70.9 Å².